The van der Waals surface area contributed by atoms with Gasteiger partial charge in [0.2, 0.25) is 0 Å². The molecule has 0 saturated heterocycles. The number of nitrogens with zero attached hydrogens (tertiary/aromatic N) is 1. The Hall–Kier alpha value is -2.04. The van der Waals surface area contributed by atoms with E-state index >= 15 is 0 Å². The number of unbranched alkanes of at least 4 members (excludes halogenated alkanes) is 1. The maximum absolute atomic E-state index is 12.2. The monoisotopic (exact) mass is 290 g/mol. The normalized spacial score (nSPS) is 12.7. The first-order chi connectivity index (χ1) is 10.1. The van der Waals surface area contributed by atoms with Crippen LogP contribution in [0.25, 0.3) is 11.0 Å². The van der Waals surface area contributed by atoms with Gasteiger partial charge >= 0.3 is 11.7 Å². The maximum Gasteiger partial charge on any atom is 0.337 e. The van der Waals surface area contributed by atoms with E-state index in [0.29, 0.717) is 23.5 Å². The Morgan fingerprint density at radius 3 is 2.76 bits per heavy atom. The number of H-pyrrole nitrogens is 1. The number of carboxylic acid groups (broad SMARTS) is 1. The zero-order valence-corrected chi connectivity index (χ0v) is 12.6. The van der Waals surface area contributed by atoms with Crippen LogP contribution in [0.5, 0.6) is 0 Å². The summed E-state index contributed by atoms with van der Waals surface area (Å²) in [5.74, 6) is -0.581. The first-order valence-electron chi connectivity index (χ1n) is 7.53. The predicted molar refractivity (Wildman–Crippen MR) is 82.8 cm³/mol. The van der Waals surface area contributed by atoms with Gasteiger partial charge in [-0.3, -0.25) is 4.57 Å². The van der Waals surface area contributed by atoms with Crippen molar-refractivity contribution in [3.8, 4) is 0 Å². The van der Waals surface area contributed by atoms with Gasteiger partial charge < -0.3 is 10.1 Å². The van der Waals surface area contributed by atoms with E-state index in [1.807, 2.05) is 0 Å². The molecule has 2 rings (SSSR count). The topological polar surface area (TPSA) is 75.1 Å². The third-order valence-corrected chi connectivity index (χ3v) is 4.02. The summed E-state index contributed by atoms with van der Waals surface area (Å²) in [5, 5.41) is 9.20. The molecule has 0 saturated carbocycles. The van der Waals surface area contributed by atoms with Crippen LogP contribution in [-0.2, 0) is 6.54 Å². The fourth-order valence-corrected chi connectivity index (χ4v) is 2.72. The van der Waals surface area contributed by atoms with Gasteiger partial charge in [0.05, 0.1) is 16.6 Å². The van der Waals surface area contributed by atoms with Crippen molar-refractivity contribution in [2.75, 3.05) is 0 Å². The number of fused-ring (bicyclic) bond motifs is 1. The molecule has 0 aliphatic heterocycles. The molecule has 1 aromatic heterocycles. The molecule has 114 valence electrons. The highest BCUT2D eigenvalue weighted by molar-refractivity contribution is 6.00. The van der Waals surface area contributed by atoms with Gasteiger partial charge in [-0.2, -0.15) is 0 Å². The minimum Gasteiger partial charge on any atom is -0.478 e. The Kier molecular flexibility index (Phi) is 4.83. The van der Waals surface area contributed by atoms with Crippen LogP contribution in [0, 0.1) is 5.92 Å². The van der Waals surface area contributed by atoms with Crippen LogP contribution in [0.1, 0.15) is 49.9 Å². The number of imidazole rings is 1. The number of aromatic nitrogens is 2. The van der Waals surface area contributed by atoms with E-state index in [4.69, 9.17) is 0 Å². The van der Waals surface area contributed by atoms with Crippen LogP contribution < -0.4 is 5.69 Å². The van der Waals surface area contributed by atoms with Gasteiger partial charge in [0.15, 0.2) is 0 Å². The van der Waals surface area contributed by atoms with E-state index in [2.05, 4.69) is 18.8 Å². The zero-order chi connectivity index (χ0) is 15.4. The van der Waals surface area contributed by atoms with Crippen molar-refractivity contribution in [3.05, 3.63) is 34.2 Å². The van der Waals surface area contributed by atoms with Gasteiger partial charge in [-0.15, -0.1) is 0 Å². The average molecular weight is 290 g/mol. The molecule has 1 unspecified atom stereocenters. The smallest absolute Gasteiger partial charge is 0.337 e. The fraction of sp³-hybridized carbons (Fsp3) is 0.500. The maximum atomic E-state index is 12.2. The highest BCUT2D eigenvalue weighted by atomic mass is 16.4. The first-order valence-corrected chi connectivity index (χ1v) is 7.53. The predicted octanol–water partition coefficient (Wildman–Crippen LogP) is 3.24. The van der Waals surface area contributed by atoms with E-state index in [1.165, 1.54) is 6.07 Å². The molecule has 0 aliphatic rings. The molecule has 1 heterocycles. The molecule has 0 aliphatic carbocycles. The molecule has 0 fully saturated rings. The lowest BCUT2D eigenvalue weighted by Gasteiger charge is -2.15. The second-order valence-corrected chi connectivity index (χ2v) is 5.46. The summed E-state index contributed by atoms with van der Waals surface area (Å²) < 4.78 is 1.67. The van der Waals surface area contributed by atoms with Crippen molar-refractivity contribution in [3.63, 3.8) is 0 Å². The number of para-hydroxylation sites is 1. The minimum absolute atomic E-state index is 0.143. The molecule has 1 atom stereocenters. The van der Waals surface area contributed by atoms with E-state index in [1.54, 1.807) is 16.7 Å². The highest BCUT2D eigenvalue weighted by Crippen LogP contribution is 2.19. The lowest BCUT2D eigenvalue weighted by Crippen LogP contribution is -2.21. The summed E-state index contributed by atoms with van der Waals surface area (Å²) in [6.45, 7) is 4.92. The molecule has 0 bridgehead atoms. The van der Waals surface area contributed by atoms with E-state index in [-0.39, 0.29) is 11.3 Å². The number of carbonyl (C=O) groups is 1. The van der Waals surface area contributed by atoms with Crippen LogP contribution in [0.2, 0.25) is 0 Å². The second-order valence-electron chi connectivity index (χ2n) is 5.46. The number of rotatable bonds is 7. The van der Waals surface area contributed by atoms with Crippen molar-refractivity contribution >= 4 is 17.0 Å². The standard InChI is InChI=1S/C16H22N2O3/c1-3-5-7-11(4-2)10-18-13-9-6-8-12(15(19)20)14(13)17-16(18)21/h6,8-9,11H,3-5,7,10H2,1-2H3,(H,17,21)(H,19,20). The van der Waals surface area contributed by atoms with Gasteiger partial charge in [0.25, 0.3) is 0 Å². The van der Waals surface area contributed by atoms with Crippen LogP contribution in [0.3, 0.4) is 0 Å². The van der Waals surface area contributed by atoms with Gasteiger partial charge in [0.1, 0.15) is 0 Å². The third-order valence-electron chi connectivity index (χ3n) is 4.02. The highest BCUT2D eigenvalue weighted by Gasteiger charge is 2.16. The number of nitrogens with one attached hydrogen (secondary N) is 1. The molecule has 1 aromatic carbocycles. The molecular weight excluding hydrogens is 268 g/mol. The third kappa shape index (κ3) is 3.17. The van der Waals surface area contributed by atoms with Crippen molar-refractivity contribution < 1.29 is 9.90 Å². The molecule has 2 N–H and O–H groups in total. The molecular formula is C16H22N2O3. The van der Waals surface area contributed by atoms with Crippen molar-refractivity contribution in [2.45, 2.75) is 46.1 Å². The number of aromatic carboxylic acids is 1. The number of carboxylic acids is 1. The van der Waals surface area contributed by atoms with Crippen molar-refractivity contribution in [2.24, 2.45) is 5.92 Å². The molecule has 5 nitrogen and oxygen atoms in total. The largest absolute Gasteiger partial charge is 0.478 e. The van der Waals surface area contributed by atoms with Crippen molar-refractivity contribution in [1.82, 2.24) is 9.55 Å². The Balaban J connectivity index is 2.40. The Morgan fingerprint density at radius 1 is 1.38 bits per heavy atom. The Bertz CT molecular complexity index is 684. The van der Waals surface area contributed by atoms with Gasteiger partial charge in [-0.1, -0.05) is 39.2 Å². The van der Waals surface area contributed by atoms with Crippen LogP contribution >= 0.6 is 0 Å². The number of benzene rings is 1. The molecule has 21 heavy (non-hydrogen) atoms. The quantitative estimate of drug-likeness (QED) is 0.822. The Labute approximate surface area is 123 Å². The summed E-state index contributed by atoms with van der Waals surface area (Å²) in [6.07, 6.45) is 4.39. The van der Waals surface area contributed by atoms with E-state index in [0.717, 1.165) is 25.7 Å². The van der Waals surface area contributed by atoms with Crippen LogP contribution in [0.4, 0.5) is 0 Å². The van der Waals surface area contributed by atoms with E-state index in [9.17, 15) is 14.7 Å². The zero-order valence-electron chi connectivity index (χ0n) is 12.6. The number of hydrogen-bond donors (Lipinski definition) is 2. The lowest BCUT2D eigenvalue weighted by molar-refractivity contribution is 0.0699. The van der Waals surface area contributed by atoms with Gasteiger partial charge in [-0.05, 0) is 24.5 Å². The van der Waals surface area contributed by atoms with E-state index < -0.39 is 5.97 Å². The van der Waals surface area contributed by atoms with Gasteiger partial charge in [0, 0.05) is 6.54 Å². The van der Waals surface area contributed by atoms with Gasteiger partial charge in [-0.25, -0.2) is 9.59 Å². The average Bonchev–Trinajstić information content (AvgIpc) is 2.78. The first kappa shape index (κ1) is 15.4. The lowest BCUT2D eigenvalue weighted by atomic mass is 9.99. The molecule has 2 aromatic rings. The summed E-state index contributed by atoms with van der Waals surface area (Å²) >= 11 is 0. The summed E-state index contributed by atoms with van der Waals surface area (Å²) in [5.41, 5.74) is 1.01. The van der Waals surface area contributed by atoms with Crippen LogP contribution in [0.15, 0.2) is 23.0 Å². The summed E-state index contributed by atoms with van der Waals surface area (Å²) in [7, 11) is 0. The fourth-order valence-electron chi connectivity index (χ4n) is 2.72. The second kappa shape index (κ2) is 6.61. The minimum atomic E-state index is -1.02. The van der Waals surface area contributed by atoms with Crippen molar-refractivity contribution in [1.29, 1.82) is 0 Å². The molecule has 0 amide bonds. The Morgan fingerprint density at radius 2 is 2.14 bits per heavy atom. The van der Waals surface area contributed by atoms with Crippen LogP contribution in [-0.4, -0.2) is 20.6 Å². The summed E-state index contributed by atoms with van der Waals surface area (Å²) in [6, 6.07) is 4.99. The summed E-state index contributed by atoms with van der Waals surface area (Å²) in [4.78, 5) is 26.1. The molecule has 5 heteroatoms. The number of hydrogen-bond acceptors (Lipinski definition) is 2. The SMILES string of the molecule is CCCCC(CC)Cn1c(=O)[nH]c2c(C(=O)O)cccc21. The molecule has 0 radical (unpaired) electrons. The number of aromatic amines is 1. The molecule has 0 spiro atoms.